The lowest BCUT2D eigenvalue weighted by Gasteiger charge is -2.15. The summed E-state index contributed by atoms with van der Waals surface area (Å²) in [6.07, 6.45) is 0. The topological polar surface area (TPSA) is 12.5 Å². The highest BCUT2D eigenvalue weighted by Gasteiger charge is 2.29. The number of nitrogens with zero attached hydrogens (tertiary/aromatic N) is 4. The Morgan fingerprint density at radius 1 is 0.625 bits per heavy atom. The third-order valence-corrected chi connectivity index (χ3v) is 1.89. The van der Waals surface area contributed by atoms with Crippen LogP contribution in [0.5, 0.6) is 0 Å². The van der Waals surface area contributed by atoms with E-state index in [1.54, 1.807) is 0 Å². The van der Waals surface area contributed by atoms with E-state index in [0.717, 1.165) is 0 Å². The van der Waals surface area contributed by atoms with E-state index >= 15 is 0 Å². The number of likely N-dealkylation sites (N-methyl/N-ethyl adjacent to an activating group) is 2. The van der Waals surface area contributed by atoms with Gasteiger partial charge in [0.1, 0.15) is 0 Å². The maximum Gasteiger partial charge on any atom is 0.361 e. The average Bonchev–Trinajstić information content (AvgIpc) is 1.96. The fourth-order valence-corrected chi connectivity index (χ4v) is 1.60. The van der Waals surface area contributed by atoms with Crippen LogP contribution in [-0.2, 0) is 0 Å². The van der Waals surface area contributed by atoms with Crippen molar-refractivity contribution >= 4 is 11.7 Å². The molecule has 0 aromatic rings. The molecule has 0 aliphatic rings. The molecule has 4 nitrogen and oxygen atoms in total. The van der Waals surface area contributed by atoms with Gasteiger partial charge in [0, 0.05) is 0 Å². The largest absolute Gasteiger partial charge is 1.00 e. The van der Waals surface area contributed by atoms with Gasteiger partial charge in [-0.3, -0.25) is 19.0 Å². The fraction of sp³-hybridized carbons (Fsp3) is 0.800. The Kier molecular flexibility index (Phi) is 12.8. The molecular weight excluding hydrogens is 430 g/mol. The van der Waals surface area contributed by atoms with Crippen molar-refractivity contribution < 1.29 is 57.1 Å². The Hall–Kier alpha value is 0.400. The molecule has 6 heteroatoms. The first-order chi connectivity index (χ1) is 6.29. The Morgan fingerprint density at radius 2 is 0.812 bits per heavy atom. The van der Waals surface area contributed by atoms with E-state index < -0.39 is 0 Å². The second-order valence-electron chi connectivity index (χ2n) is 4.22. The average molecular weight is 454 g/mol. The van der Waals surface area contributed by atoms with Gasteiger partial charge in [0.2, 0.25) is 0 Å². The zero-order valence-electron chi connectivity index (χ0n) is 11.5. The first kappa shape index (κ1) is 21.7. The molecule has 0 saturated carbocycles. The minimum absolute atomic E-state index is 0. The van der Waals surface area contributed by atoms with Crippen LogP contribution in [-0.4, -0.2) is 87.0 Å². The van der Waals surface area contributed by atoms with E-state index in [-0.39, 0.29) is 48.0 Å². The summed E-state index contributed by atoms with van der Waals surface area (Å²) in [4.78, 5) is 4.24. The third-order valence-electron chi connectivity index (χ3n) is 1.89. The molecule has 0 radical (unpaired) electrons. The molecule has 0 atom stereocenters. The summed E-state index contributed by atoms with van der Waals surface area (Å²) >= 11 is 0. The van der Waals surface area contributed by atoms with Gasteiger partial charge >= 0.3 is 11.7 Å². The lowest BCUT2D eigenvalue weighted by molar-refractivity contribution is -0.485. The second-order valence-corrected chi connectivity index (χ2v) is 4.22. The maximum absolute atomic E-state index is 2.12. The Balaban J connectivity index is -0.000000845. The quantitative estimate of drug-likeness (QED) is 0.156. The fourth-order valence-electron chi connectivity index (χ4n) is 1.60. The van der Waals surface area contributed by atoms with Crippen LogP contribution < -0.4 is 48.0 Å². The minimum Gasteiger partial charge on any atom is -1.00 e. The monoisotopic (exact) mass is 454 g/mol. The van der Waals surface area contributed by atoms with Crippen molar-refractivity contribution in [3.63, 3.8) is 0 Å². The Morgan fingerprint density at radius 3 is 0.875 bits per heavy atom. The van der Waals surface area contributed by atoms with Gasteiger partial charge in [-0.1, -0.05) is 0 Å². The lowest BCUT2D eigenvalue weighted by atomic mass is 10.4. The molecule has 0 rings (SSSR count). The molecule has 0 saturated heterocycles. The van der Waals surface area contributed by atoms with Crippen molar-refractivity contribution in [3.8, 4) is 0 Å². The van der Waals surface area contributed by atoms with E-state index in [9.17, 15) is 0 Å². The number of rotatable bonds is 0. The summed E-state index contributed by atoms with van der Waals surface area (Å²) in [6, 6.07) is 0. The predicted molar refractivity (Wildman–Crippen MR) is 61.6 cm³/mol. The first-order valence-corrected chi connectivity index (χ1v) is 4.72. The van der Waals surface area contributed by atoms with Crippen LogP contribution in [0.15, 0.2) is 0 Å². The molecule has 0 aromatic carbocycles. The maximum atomic E-state index is 2.12. The molecule has 0 N–H and O–H groups in total. The van der Waals surface area contributed by atoms with Crippen LogP contribution in [0.25, 0.3) is 0 Å². The van der Waals surface area contributed by atoms with Gasteiger partial charge in [-0.05, 0) is 0 Å². The van der Waals surface area contributed by atoms with Crippen LogP contribution in [0.2, 0.25) is 0 Å². The van der Waals surface area contributed by atoms with Crippen molar-refractivity contribution in [3.05, 3.63) is 0 Å². The molecule has 0 aliphatic heterocycles. The van der Waals surface area contributed by atoms with Gasteiger partial charge in [0.15, 0.2) is 0 Å². The van der Waals surface area contributed by atoms with Gasteiger partial charge in [0.05, 0.1) is 56.4 Å². The second kappa shape index (κ2) is 9.43. The SMILES string of the molecule is CN(C)C(C(N(C)C)=[N+](C)C)=[N+](C)C.[I-].[I-]. The highest BCUT2D eigenvalue weighted by atomic mass is 127. The third kappa shape index (κ3) is 6.21. The number of amidine groups is 2. The minimum atomic E-state index is 0. The number of halogens is 2. The molecule has 0 amide bonds. The highest BCUT2D eigenvalue weighted by Crippen LogP contribution is 1.91. The summed E-state index contributed by atoms with van der Waals surface area (Å²) in [5.41, 5.74) is 0. The van der Waals surface area contributed by atoms with Crippen molar-refractivity contribution in [1.82, 2.24) is 9.80 Å². The van der Waals surface area contributed by atoms with Crippen molar-refractivity contribution in [1.29, 1.82) is 0 Å². The van der Waals surface area contributed by atoms with Gasteiger partial charge in [-0.25, -0.2) is 0 Å². The van der Waals surface area contributed by atoms with E-state index in [0.29, 0.717) is 0 Å². The molecular formula is C10H24I2N4. The normalized spacial score (nSPS) is 8.25. The molecule has 98 valence electrons. The molecule has 0 spiro atoms. The Bertz CT molecular complexity index is 234. The smallest absolute Gasteiger partial charge is 0.361 e. The van der Waals surface area contributed by atoms with Gasteiger partial charge in [-0.2, -0.15) is 0 Å². The van der Waals surface area contributed by atoms with Crippen LogP contribution in [0, 0.1) is 0 Å². The van der Waals surface area contributed by atoms with E-state index in [2.05, 4.69) is 75.3 Å². The van der Waals surface area contributed by atoms with Crippen LogP contribution in [0.4, 0.5) is 0 Å². The molecule has 0 aromatic heterocycles. The van der Waals surface area contributed by atoms with Crippen LogP contribution in [0.3, 0.4) is 0 Å². The zero-order chi connectivity index (χ0) is 11.5. The molecule has 0 heterocycles. The van der Waals surface area contributed by atoms with E-state index in [1.807, 2.05) is 0 Å². The first-order valence-electron chi connectivity index (χ1n) is 4.72. The lowest BCUT2D eigenvalue weighted by Crippen LogP contribution is -3.00. The molecule has 0 fully saturated rings. The summed E-state index contributed by atoms with van der Waals surface area (Å²) in [6.45, 7) is 0. The Labute approximate surface area is 134 Å². The molecule has 0 bridgehead atoms. The predicted octanol–water partition coefficient (Wildman–Crippen LogP) is -6.54. The number of hydrogen-bond acceptors (Lipinski definition) is 0. The molecule has 0 unspecified atom stereocenters. The highest BCUT2D eigenvalue weighted by molar-refractivity contribution is 6.35. The van der Waals surface area contributed by atoms with Crippen molar-refractivity contribution in [2.45, 2.75) is 0 Å². The molecule has 16 heavy (non-hydrogen) atoms. The summed E-state index contributed by atoms with van der Waals surface area (Å²) < 4.78 is 4.24. The number of hydrogen-bond donors (Lipinski definition) is 0. The van der Waals surface area contributed by atoms with Crippen LogP contribution in [0.1, 0.15) is 0 Å². The summed E-state index contributed by atoms with van der Waals surface area (Å²) in [5.74, 6) is 2.39. The van der Waals surface area contributed by atoms with Gasteiger partial charge < -0.3 is 48.0 Å². The van der Waals surface area contributed by atoms with E-state index in [1.165, 1.54) is 11.7 Å². The van der Waals surface area contributed by atoms with Crippen molar-refractivity contribution in [2.24, 2.45) is 0 Å². The van der Waals surface area contributed by atoms with Gasteiger partial charge in [0.25, 0.3) is 0 Å². The van der Waals surface area contributed by atoms with Crippen LogP contribution >= 0.6 is 0 Å². The summed E-state index contributed by atoms with van der Waals surface area (Å²) in [5, 5.41) is 0. The standard InChI is InChI=1S/C10H24N4.2HI/c1-11(2)9(12(3)4)10(13(5)6)14(7)8;;/h1-8H3;2*1H/q+2;;/p-2. The zero-order valence-corrected chi connectivity index (χ0v) is 15.9. The molecule has 0 aliphatic carbocycles. The van der Waals surface area contributed by atoms with E-state index in [4.69, 9.17) is 0 Å². The van der Waals surface area contributed by atoms with Crippen molar-refractivity contribution in [2.75, 3.05) is 56.4 Å². The summed E-state index contributed by atoms with van der Waals surface area (Å²) in [7, 11) is 16.5. The van der Waals surface area contributed by atoms with Gasteiger partial charge in [-0.15, -0.1) is 0 Å².